The first-order valence-electron chi connectivity index (χ1n) is 7.17. The molecule has 4 rings (SSSR count). The van der Waals surface area contributed by atoms with E-state index in [2.05, 4.69) is 29.2 Å². The highest BCUT2D eigenvalue weighted by Crippen LogP contribution is 2.40. The first kappa shape index (κ1) is 12.2. The highest BCUT2D eigenvalue weighted by molar-refractivity contribution is 5.82. The lowest BCUT2D eigenvalue weighted by molar-refractivity contribution is 0.581. The minimum Gasteiger partial charge on any atom is -0.464 e. The standard InChI is InChI=1S/C18H16N2O/c1-11-16(15-7-4-10-21-15)14-9-8-12-5-2-3-6-13(12)17(14)20-18(11)19/h2-7,10H,8-9H2,1H3,(H2,19,20). The van der Waals surface area contributed by atoms with Crippen LogP contribution in [0.1, 0.15) is 16.7 Å². The summed E-state index contributed by atoms with van der Waals surface area (Å²) >= 11 is 0. The van der Waals surface area contributed by atoms with E-state index in [4.69, 9.17) is 10.2 Å². The van der Waals surface area contributed by atoms with Crippen molar-refractivity contribution < 1.29 is 4.42 Å². The van der Waals surface area contributed by atoms with Crippen LogP contribution < -0.4 is 5.73 Å². The fraction of sp³-hybridized carbons (Fsp3) is 0.167. The van der Waals surface area contributed by atoms with Gasteiger partial charge in [0.2, 0.25) is 0 Å². The van der Waals surface area contributed by atoms with Crippen molar-refractivity contribution in [3.05, 3.63) is 59.4 Å². The van der Waals surface area contributed by atoms with Crippen LogP contribution in [-0.2, 0) is 12.8 Å². The summed E-state index contributed by atoms with van der Waals surface area (Å²) in [5.74, 6) is 1.45. The maximum Gasteiger partial charge on any atom is 0.134 e. The average Bonchev–Trinajstić information content (AvgIpc) is 3.02. The van der Waals surface area contributed by atoms with Crippen LogP contribution in [0.3, 0.4) is 0 Å². The molecule has 1 aromatic carbocycles. The number of benzene rings is 1. The van der Waals surface area contributed by atoms with Crippen LogP contribution in [0, 0.1) is 6.92 Å². The Hall–Kier alpha value is -2.55. The second kappa shape index (κ2) is 4.48. The Labute approximate surface area is 123 Å². The normalized spacial score (nSPS) is 12.8. The van der Waals surface area contributed by atoms with Crippen LogP contribution in [0.5, 0.6) is 0 Å². The van der Waals surface area contributed by atoms with E-state index in [9.17, 15) is 0 Å². The summed E-state index contributed by atoms with van der Waals surface area (Å²) in [7, 11) is 0. The molecule has 0 bridgehead atoms. The molecule has 3 nitrogen and oxygen atoms in total. The number of pyridine rings is 1. The number of hydrogen-bond donors (Lipinski definition) is 1. The van der Waals surface area contributed by atoms with E-state index in [0.29, 0.717) is 5.82 Å². The Morgan fingerprint density at radius 1 is 1.10 bits per heavy atom. The Morgan fingerprint density at radius 3 is 2.76 bits per heavy atom. The van der Waals surface area contributed by atoms with E-state index in [1.54, 1.807) is 6.26 Å². The Kier molecular flexibility index (Phi) is 2.61. The fourth-order valence-electron chi connectivity index (χ4n) is 3.19. The molecular formula is C18H16N2O. The molecule has 3 aromatic rings. The van der Waals surface area contributed by atoms with E-state index in [1.165, 1.54) is 16.7 Å². The second-order valence-corrected chi connectivity index (χ2v) is 5.46. The van der Waals surface area contributed by atoms with Crippen LogP contribution in [0.25, 0.3) is 22.6 Å². The van der Waals surface area contributed by atoms with E-state index in [-0.39, 0.29) is 0 Å². The van der Waals surface area contributed by atoms with Crippen LogP contribution >= 0.6 is 0 Å². The molecule has 1 aliphatic rings. The third-order valence-electron chi connectivity index (χ3n) is 4.26. The third-order valence-corrected chi connectivity index (χ3v) is 4.26. The zero-order valence-corrected chi connectivity index (χ0v) is 11.9. The molecule has 0 radical (unpaired) electrons. The summed E-state index contributed by atoms with van der Waals surface area (Å²) < 4.78 is 5.63. The number of aromatic nitrogens is 1. The Morgan fingerprint density at radius 2 is 1.95 bits per heavy atom. The summed E-state index contributed by atoms with van der Waals surface area (Å²) in [5, 5.41) is 0. The summed E-state index contributed by atoms with van der Waals surface area (Å²) in [5.41, 5.74) is 13.0. The van der Waals surface area contributed by atoms with E-state index in [1.807, 2.05) is 19.1 Å². The van der Waals surface area contributed by atoms with Crippen molar-refractivity contribution in [1.82, 2.24) is 4.98 Å². The van der Waals surface area contributed by atoms with Crippen molar-refractivity contribution in [3.8, 4) is 22.6 Å². The third kappa shape index (κ3) is 1.77. The number of furan rings is 1. The predicted octanol–water partition coefficient (Wildman–Crippen LogP) is 4.00. The maximum absolute atomic E-state index is 6.16. The predicted molar refractivity (Wildman–Crippen MR) is 83.9 cm³/mol. The lowest BCUT2D eigenvalue weighted by Crippen LogP contribution is -2.10. The van der Waals surface area contributed by atoms with Crippen LogP contribution in [0.15, 0.2) is 47.1 Å². The number of anilines is 1. The molecule has 3 heteroatoms. The number of hydrogen-bond acceptors (Lipinski definition) is 3. The molecule has 0 fully saturated rings. The second-order valence-electron chi connectivity index (χ2n) is 5.46. The molecule has 1 aliphatic carbocycles. The molecule has 21 heavy (non-hydrogen) atoms. The maximum atomic E-state index is 6.16. The molecule has 0 unspecified atom stereocenters. The smallest absolute Gasteiger partial charge is 0.134 e. The first-order valence-corrected chi connectivity index (χ1v) is 7.17. The zero-order valence-electron chi connectivity index (χ0n) is 11.9. The van der Waals surface area contributed by atoms with E-state index >= 15 is 0 Å². The van der Waals surface area contributed by atoms with Gasteiger partial charge >= 0.3 is 0 Å². The summed E-state index contributed by atoms with van der Waals surface area (Å²) in [4.78, 5) is 4.66. The first-order chi connectivity index (χ1) is 10.3. The molecule has 2 heterocycles. The van der Waals surface area contributed by atoms with Crippen LogP contribution in [-0.4, -0.2) is 4.98 Å². The molecule has 2 aromatic heterocycles. The molecule has 0 amide bonds. The van der Waals surface area contributed by atoms with Gasteiger partial charge in [-0.25, -0.2) is 4.98 Å². The number of fused-ring (bicyclic) bond motifs is 3. The Bertz CT molecular complexity index is 819. The lowest BCUT2D eigenvalue weighted by atomic mass is 9.84. The lowest BCUT2D eigenvalue weighted by Gasteiger charge is -2.23. The monoisotopic (exact) mass is 276 g/mol. The van der Waals surface area contributed by atoms with Crippen LogP contribution in [0.4, 0.5) is 5.82 Å². The highest BCUT2D eigenvalue weighted by Gasteiger charge is 2.24. The van der Waals surface area contributed by atoms with Gasteiger partial charge in [0.25, 0.3) is 0 Å². The van der Waals surface area contributed by atoms with Crippen molar-refractivity contribution in [3.63, 3.8) is 0 Å². The van der Waals surface area contributed by atoms with Gasteiger partial charge in [0.1, 0.15) is 11.6 Å². The largest absolute Gasteiger partial charge is 0.464 e. The SMILES string of the molecule is Cc1c(N)nc2c(c1-c1ccco1)CCc1ccccc1-2. The van der Waals surface area contributed by atoms with Crippen molar-refractivity contribution in [2.75, 3.05) is 5.73 Å². The zero-order chi connectivity index (χ0) is 14.4. The van der Waals surface area contributed by atoms with Gasteiger partial charge in [-0.15, -0.1) is 0 Å². The molecule has 0 aliphatic heterocycles. The van der Waals surface area contributed by atoms with E-state index < -0.39 is 0 Å². The van der Waals surface area contributed by atoms with Gasteiger partial charge in [-0.1, -0.05) is 24.3 Å². The molecule has 0 saturated carbocycles. The fourth-order valence-corrected chi connectivity index (χ4v) is 3.19. The van der Waals surface area contributed by atoms with Gasteiger partial charge in [-0.05, 0) is 43.0 Å². The van der Waals surface area contributed by atoms with Gasteiger partial charge < -0.3 is 10.2 Å². The highest BCUT2D eigenvalue weighted by atomic mass is 16.3. The topological polar surface area (TPSA) is 52.0 Å². The number of nitrogens with two attached hydrogens (primary N) is 1. The quantitative estimate of drug-likeness (QED) is 0.731. The van der Waals surface area contributed by atoms with Crippen molar-refractivity contribution in [2.45, 2.75) is 19.8 Å². The molecule has 0 saturated heterocycles. The molecule has 0 atom stereocenters. The number of aryl methyl sites for hydroxylation is 1. The number of nitrogens with zero attached hydrogens (tertiary/aromatic N) is 1. The van der Waals surface area contributed by atoms with Crippen molar-refractivity contribution >= 4 is 5.82 Å². The van der Waals surface area contributed by atoms with Crippen LogP contribution in [0.2, 0.25) is 0 Å². The number of rotatable bonds is 1. The van der Waals surface area contributed by atoms with Gasteiger partial charge in [-0.3, -0.25) is 0 Å². The van der Waals surface area contributed by atoms with Gasteiger partial charge in [0, 0.05) is 16.7 Å². The van der Waals surface area contributed by atoms with Crippen molar-refractivity contribution in [1.29, 1.82) is 0 Å². The molecule has 0 spiro atoms. The van der Waals surface area contributed by atoms with Gasteiger partial charge in [-0.2, -0.15) is 0 Å². The van der Waals surface area contributed by atoms with E-state index in [0.717, 1.165) is 35.4 Å². The minimum absolute atomic E-state index is 0.580. The summed E-state index contributed by atoms with van der Waals surface area (Å²) in [6.45, 7) is 2.01. The average molecular weight is 276 g/mol. The molecular weight excluding hydrogens is 260 g/mol. The van der Waals surface area contributed by atoms with Gasteiger partial charge in [0.05, 0.1) is 12.0 Å². The summed E-state index contributed by atoms with van der Waals surface area (Å²) in [6, 6.07) is 12.3. The van der Waals surface area contributed by atoms with Gasteiger partial charge in [0.15, 0.2) is 0 Å². The molecule has 104 valence electrons. The Balaban J connectivity index is 2.06. The molecule has 2 N–H and O–H groups in total. The summed E-state index contributed by atoms with van der Waals surface area (Å²) in [6.07, 6.45) is 3.70. The number of nitrogen functional groups attached to an aromatic ring is 1. The van der Waals surface area contributed by atoms with Crippen molar-refractivity contribution in [2.24, 2.45) is 0 Å². The minimum atomic E-state index is 0.580.